The van der Waals surface area contributed by atoms with Crippen molar-refractivity contribution in [3.63, 3.8) is 0 Å². The SMILES string of the molecule is COc1ccc(NC(=O)C2C3CC2CN(C)C3)cc1. The van der Waals surface area contributed by atoms with Crippen molar-refractivity contribution in [3.05, 3.63) is 24.3 Å². The van der Waals surface area contributed by atoms with Crippen molar-refractivity contribution >= 4 is 11.6 Å². The number of likely N-dealkylation sites (tertiary alicyclic amines) is 1. The van der Waals surface area contributed by atoms with E-state index in [1.807, 2.05) is 24.3 Å². The summed E-state index contributed by atoms with van der Waals surface area (Å²) in [6.45, 7) is 2.11. The minimum atomic E-state index is 0.180. The second-order valence-corrected chi connectivity index (χ2v) is 5.72. The lowest BCUT2D eigenvalue weighted by atomic mass is 9.61. The van der Waals surface area contributed by atoms with Gasteiger partial charge in [-0.15, -0.1) is 0 Å². The second-order valence-electron chi connectivity index (χ2n) is 5.72. The van der Waals surface area contributed by atoms with E-state index in [4.69, 9.17) is 4.74 Å². The van der Waals surface area contributed by atoms with Crippen LogP contribution in [0.5, 0.6) is 5.75 Å². The number of hydrogen-bond donors (Lipinski definition) is 1. The van der Waals surface area contributed by atoms with Crippen molar-refractivity contribution in [2.75, 3.05) is 32.6 Å². The van der Waals surface area contributed by atoms with Crippen molar-refractivity contribution in [1.29, 1.82) is 0 Å². The third-order valence-corrected chi connectivity index (χ3v) is 4.37. The van der Waals surface area contributed by atoms with Gasteiger partial charge in [-0.05, 0) is 49.6 Å². The normalized spacial score (nSPS) is 29.5. The van der Waals surface area contributed by atoms with Gasteiger partial charge in [-0.1, -0.05) is 0 Å². The fourth-order valence-corrected chi connectivity index (χ4v) is 3.45. The zero-order valence-corrected chi connectivity index (χ0v) is 11.4. The van der Waals surface area contributed by atoms with E-state index < -0.39 is 0 Å². The van der Waals surface area contributed by atoms with E-state index >= 15 is 0 Å². The van der Waals surface area contributed by atoms with Crippen LogP contribution in [0.2, 0.25) is 0 Å². The van der Waals surface area contributed by atoms with Crippen LogP contribution in [-0.4, -0.2) is 38.1 Å². The Balaban J connectivity index is 1.62. The quantitative estimate of drug-likeness (QED) is 0.901. The first kappa shape index (κ1) is 12.5. The molecule has 2 atom stereocenters. The monoisotopic (exact) mass is 260 g/mol. The van der Waals surface area contributed by atoms with E-state index in [2.05, 4.69) is 17.3 Å². The number of benzene rings is 1. The maximum atomic E-state index is 12.3. The first-order valence-corrected chi connectivity index (χ1v) is 6.81. The van der Waals surface area contributed by atoms with Crippen molar-refractivity contribution < 1.29 is 9.53 Å². The molecular weight excluding hydrogens is 240 g/mol. The molecule has 0 radical (unpaired) electrons. The van der Waals surface area contributed by atoms with Crippen LogP contribution in [0.15, 0.2) is 24.3 Å². The lowest BCUT2D eigenvalue weighted by Gasteiger charge is -2.51. The third-order valence-electron chi connectivity index (χ3n) is 4.37. The molecule has 1 N–H and O–H groups in total. The minimum absolute atomic E-state index is 0.180. The fraction of sp³-hybridized carbons (Fsp3) is 0.533. The smallest absolute Gasteiger partial charge is 0.228 e. The Morgan fingerprint density at radius 2 is 1.89 bits per heavy atom. The number of piperidine rings is 2. The van der Waals surface area contributed by atoms with E-state index in [0.29, 0.717) is 11.8 Å². The van der Waals surface area contributed by atoms with Gasteiger partial charge in [-0.2, -0.15) is 0 Å². The number of fused-ring (bicyclic) bond motifs is 2. The second kappa shape index (κ2) is 4.85. The van der Waals surface area contributed by atoms with Crippen LogP contribution in [0.4, 0.5) is 5.69 Å². The van der Waals surface area contributed by atoms with Gasteiger partial charge < -0.3 is 15.0 Å². The maximum absolute atomic E-state index is 12.3. The average molecular weight is 260 g/mol. The molecule has 2 aliphatic rings. The summed E-state index contributed by atoms with van der Waals surface area (Å²) in [5.74, 6) is 2.28. The molecule has 1 saturated carbocycles. The van der Waals surface area contributed by atoms with Gasteiger partial charge in [-0.25, -0.2) is 0 Å². The minimum Gasteiger partial charge on any atom is -0.497 e. The molecule has 3 rings (SSSR count). The Morgan fingerprint density at radius 3 is 2.47 bits per heavy atom. The van der Waals surface area contributed by atoms with Gasteiger partial charge in [0.05, 0.1) is 7.11 Å². The van der Waals surface area contributed by atoms with E-state index in [1.165, 1.54) is 6.42 Å². The van der Waals surface area contributed by atoms with Crippen molar-refractivity contribution in [2.45, 2.75) is 6.42 Å². The Bertz CT molecular complexity index is 460. The molecule has 2 bridgehead atoms. The molecule has 19 heavy (non-hydrogen) atoms. The van der Waals surface area contributed by atoms with Gasteiger partial charge in [0.1, 0.15) is 5.75 Å². The summed E-state index contributed by atoms with van der Waals surface area (Å²) in [5.41, 5.74) is 0.851. The van der Waals surface area contributed by atoms with Gasteiger partial charge in [0.2, 0.25) is 5.91 Å². The molecule has 1 amide bonds. The molecule has 1 aliphatic heterocycles. The van der Waals surface area contributed by atoms with Crippen LogP contribution in [0.1, 0.15) is 6.42 Å². The number of rotatable bonds is 3. The predicted molar refractivity (Wildman–Crippen MR) is 74.2 cm³/mol. The van der Waals surface area contributed by atoms with Gasteiger partial charge in [0, 0.05) is 24.7 Å². The molecular formula is C15H20N2O2. The molecule has 4 nitrogen and oxygen atoms in total. The number of carbonyl (C=O) groups is 1. The van der Waals surface area contributed by atoms with Crippen LogP contribution in [-0.2, 0) is 4.79 Å². The largest absolute Gasteiger partial charge is 0.497 e. The maximum Gasteiger partial charge on any atom is 0.228 e. The number of ether oxygens (including phenoxy) is 1. The van der Waals surface area contributed by atoms with Gasteiger partial charge in [0.15, 0.2) is 0 Å². The molecule has 2 fully saturated rings. The zero-order chi connectivity index (χ0) is 13.4. The number of carbonyl (C=O) groups excluding carboxylic acids is 1. The number of anilines is 1. The first-order valence-electron chi connectivity index (χ1n) is 6.81. The van der Waals surface area contributed by atoms with E-state index in [9.17, 15) is 4.79 Å². The van der Waals surface area contributed by atoms with E-state index in [1.54, 1.807) is 7.11 Å². The highest BCUT2D eigenvalue weighted by Gasteiger charge is 2.49. The molecule has 4 heteroatoms. The lowest BCUT2D eigenvalue weighted by Crippen LogP contribution is -2.57. The number of nitrogens with one attached hydrogen (secondary N) is 1. The highest BCUT2D eigenvalue weighted by Crippen LogP contribution is 2.45. The molecule has 1 aromatic rings. The van der Waals surface area contributed by atoms with Crippen LogP contribution >= 0.6 is 0 Å². The molecule has 1 heterocycles. The Labute approximate surface area is 113 Å². The van der Waals surface area contributed by atoms with Crippen LogP contribution in [0, 0.1) is 17.8 Å². The molecule has 1 aliphatic carbocycles. The Kier molecular flexibility index (Phi) is 3.19. The first-order chi connectivity index (χ1) is 9.17. The van der Waals surface area contributed by atoms with Crippen LogP contribution in [0.3, 0.4) is 0 Å². The number of nitrogens with zero attached hydrogens (tertiary/aromatic N) is 1. The zero-order valence-electron chi connectivity index (χ0n) is 11.4. The van der Waals surface area contributed by atoms with Gasteiger partial charge >= 0.3 is 0 Å². The highest BCUT2D eigenvalue weighted by molar-refractivity contribution is 5.93. The summed E-state index contributed by atoms with van der Waals surface area (Å²) in [7, 11) is 3.77. The summed E-state index contributed by atoms with van der Waals surface area (Å²) in [5, 5.41) is 3.03. The van der Waals surface area contributed by atoms with Gasteiger partial charge in [-0.3, -0.25) is 4.79 Å². The van der Waals surface area contributed by atoms with E-state index in [-0.39, 0.29) is 11.8 Å². The van der Waals surface area contributed by atoms with Crippen molar-refractivity contribution in [2.24, 2.45) is 17.8 Å². The molecule has 102 valence electrons. The number of hydrogen-bond acceptors (Lipinski definition) is 3. The molecule has 0 spiro atoms. The fourth-order valence-electron chi connectivity index (χ4n) is 3.45. The molecule has 1 aromatic carbocycles. The van der Waals surface area contributed by atoms with Crippen molar-refractivity contribution in [1.82, 2.24) is 4.90 Å². The predicted octanol–water partition coefficient (Wildman–Crippen LogP) is 1.83. The Hall–Kier alpha value is -1.55. The molecule has 1 saturated heterocycles. The summed E-state index contributed by atoms with van der Waals surface area (Å²) in [6.07, 6.45) is 1.21. The summed E-state index contributed by atoms with van der Waals surface area (Å²) in [6, 6.07) is 7.50. The van der Waals surface area contributed by atoms with Gasteiger partial charge in [0.25, 0.3) is 0 Å². The van der Waals surface area contributed by atoms with Crippen molar-refractivity contribution in [3.8, 4) is 5.75 Å². The number of methoxy groups -OCH3 is 1. The summed E-state index contributed by atoms with van der Waals surface area (Å²) in [4.78, 5) is 14.6. The van der Waals surface area contributed by atoms with E-state index in [0.717, 1.165) is 24.5 Å². The average Bonchev–Trinajstić information content (AvgIpc) is 2.39. The summed E-state index contributed by atoms with van der Waals surface area (Å²) >= 11 is 0. The van der Waals surface area contributed by atoms with Crippen LogP contribution < -0.4 is 10.1 Å². The topological polar surface area (TPSA) is 41.6 Å². The molecule has 2 unspecified atom stereocenters. The van der Waals surface area contributed by atoms with Crippen LogP contribution in [0.25, 0.3) is 0 Å². The lowest BCUT2D eigenvalue weighted by molar-refractivity contribution is -0.135. The molecule has 0 aromatic heterocycles. The summed E-state index contributed by atoms with van der Waals surface area (Å²) < 4.78 is 5.11. The number of amides is 1. The standard InChI is InChI=1S/C15H20N2O2/c1-17-8-10-7-11(9-17)14(10)15(18)16-12-3-5-13(19-2)6-4-12/h3-6,10-11,14H,7-9H2,1-2H3,(H,16,18). The Morgan fingerprint density at radius 1 is 1.26 bits per heavy atom. The highest BCUT2D eigenvalue weighted by atomic mass is 16.5. The third kappa shape index (κ3) is 2.32.